The second-order valence-electron chi connectivity index (χ2n) is 11.1. The van der Waals surface area contributed by atoms with E-state index in [-0.39, 0.29) is 16.7 Å². The normalized spacial score (nSPS) is 13.1. The lowest BCUT2D eigenvalue weighted by molar-refractivity contribution is 0.252. The first-order valence-electron chi connectivity index (χ1n) is 14.9. The van der Waals surface area contributed by atoms with Crippen molar-refractivity contribution in [2.24, 2.45) is 0 Å². The summed E-state index contributed by atoms with van der Waals surface area (Å²) < 4.78 is 1.75. The predicted octanol–water partition coefficient (Wildman–Crippen LogP) is 5.15. The molecule has 0 radical (unpaired) electrons. The van der Waals surface area contributed by atoms with E-state index in [0.29, 0.717) is 15.9 Å². The summed E-state index contributed by atoms with van der Waals surface area (Å²) in [7, 11) is 0. The van der Waals surface area contributed by atoms with Crippen LogP contribution in [0.4, 0.5) is 10.5 Å². The molecule has 46 heavy (non-hydrogen) atoms. The summed E-state index contributed by atoms with van der Waals surface area (Å²) >= 11 is 0. The minimum absolute atomic E-state index is 0.0507. The van der Waals surface area contributed by atoms with Gasteiger partial charge in [0.2, 0.25) is 0 Å². The SMILES string of the molecule is N#Cc1nn(-c2cccc(-c3cccnc3)c2)c2c(=O)n(C(=O)Nc3ccc(-c4ccccc4CN4CCCC4)cc3)c(=O)[nH]c12. The molecule has 7 rings (SSSR count). The van der Waals surface area contributed by atoms with Crippen LogP contribution in [-0.4, -0.2) is 48.3 Å². The maximum absolute atomic E-state index is 13.8. The Kier molecular flexibility index (Phi) is 7.54. The highest BCUT2D eigenvalue weighted by atomic mass is 16.2. The van der Waals surface area contributed by atoms with E-state index < -0.39 is 17.3 Å². The van der Waals surface area contributed by atoms with E-state index in [0.717, 1.165) is 41.9 Å². The number of rotatable bonds is 6. The van der Waals surface area contributed by atoms with Crippen LogP contribution in [-0.2, 0) is 6.54 Å². The van der Waals surface area contributed by atoms with Crippen LogP contribution in [0.25, 0.3) is 39.0 Å². The summed E-state index contributed by atoms with van der Waals surface area (Å²) in [4.78, 5) is 49.3. The third-order valence-electron chi connectivity index (χ3n) is 8.18. The van der Waals surface area contributed by atoms with Crippen LogP contribution in [0.3, 0.4) is 0 Å². The number of carbonyl (C=O) groups excluding carboxylic acids is 1. The number of nitrogens with one attached hydrogen (secondary N) is 2. The molecule has 0 bridgehead atoms. The summed E-state index contributed by atoms with van der Waals surface area (Å²) in [6.45, 7) is 3.07. The fourth-order valence-electron chi connectivity index (χ4n) is 5.93. The lowest BCUT2D eigenvalue weighted by Gasteiger charge is -2.18. The van der Waals surface area contributed by atoms with Crippen molar-refractivity contribution in [3.63, 3.8) is 0 Å². The molecule has 1 fully saturated rings. The first kappa shape index (κ1) is 28.6. The van der Waals surface area contributed by atoms with Crippen LogP contribution in [0.15, 0.2) is 107 Å². The molecule has 11 heteroatoms. The van der Waals surface area contributed by atoms with Crippen LogP contribution in [0.5, 0.6) is 0 Å². The second-order valence-corrected chi connectivity index (χ2v) is 11.1. The Balaban J connectivity index is 1.21. The van der Waals surface area contributed by atoms with Gasteiger partial charge in [0.1, 0.15) is 11.6 Å². The Labute approximate surface area is 263 Å². The smallest absolute Gasteiger partial charge is 0.307 e. The van der Waals surface area contributed by atoms with Gasteiger partial charge in [-0.05, 0) is 78.5 Å². The van der Waals surface area contributed by atoms with E-state index in [9.17, 15) is 19.6 Å². The third-order valence-corrected chi connectivity index (χ3v) is 8.18. The molecule has 0 spiro atoms. The molecule has 2 N–H and O–H groups in total. The zero-order chi connectivity index (χ0) is 31.6. The molecule has 1 amide bonds. The van der Waals surface area contributed by atoms with Crippen molar-refractivity contribution in [1.82, 2.24) is 29.2 Å². The molecule has 3 aromatic heterocycles. The van der Waals surface area contributed by atoms with E-state index in [2.05, 4.69) is 37.4 Å². The van der Waals surface area contributed by atoms with Gasteiger partial charge in [0.25, 0.3) is 5.56 Å². The highest BCUT2D eigenvalue weighted by molar-refractivity contribution is 5.93. The number of likely N-dealkylation sites (tertiary alicyclic amines) is 1. The fourth-order valence-corrected chi connectivity index (χ4v) is 5.93. The molecule has 0 unspecified atom stereocenters. The van der Waals surface area contributed by atoms with E-state index in [1.165, 1.54) is 23.1 Å². The van der Waals surface area contributed by atoms with Gasteiger partial charge in [0.15, 0.2) is 11.2 Å². The van der Waals surface area contributed by atoms with Crippen molar-refractivity contribution in [2.75, 3.05) is 18.4 Å². The summed E-state index contributed by atoms with van der Waals surface area (Å²) in [5, 5.41) is 16.7. The molecule has 226 valence electrons. The van der Waals surface area contributed by atoms with E-state index in [1.807, 2.05) is 48.5 Å². The van der Waals surface area contributed by atoms with Crippen LogP contribution < -0.4 is 16.6 Å². The molecular weight excluding hydrogens is 580 g/mol. The number of benzene rings is 3. The number of amides is 1. The van der Waals surface area contributed by atoms with Gasteiger partial charge >= 0.3 is 11.7 Å². The van der Waals surface area contributed by atoms with Gasteiger partial charge in [-0.3, -0.25) is 14.7 Å². The number of hydrogen-bond acceptors (Lipinski definition) is 7. The summed E-state index contributed by atoms with van der Waals surface area (Å²) in [5.41, 5.74) is 3.64. The first-order chi connectivity index (χ1) is 22.5. The standard InChI is InChI=1S/C35H28N8O3/c36-20-30-31-32(43(40-30)28-10-5-8-24(19-28)25-9-6-16-37-21-25)33(44)42(35(46)39-31)34(45)38-27-14-12-23(13-15-27)29-11-2-1-7-26(29)22-41-17-3-4-18-41/h1-2,5-16,19,21H,3-4,17-18,22H2,(H,38,45)(H,39,46). The molecule has 3 aromatic carbocycles. The second kappa shape index (κ2) is 12.1. The fraction of sp³-hybridized carbons (Fsp3) is 0.143. The molecular formula is C35H28N8O3. The topological polar surface area (TPSA) is 142 Å². The zero-order valence-electron chi connectivity index (χ0n) is 24.7. The number of carbonyl (C=O) groups is 1. The summed E-state index contributed by atoms with van der Waals surface area (Å²) in [6.07, 6.45) is 5.81. The van der Waals surface area contributed by atoms with Crippen LogP contribution in [0.1, 0.15) is 24.1 Å². The van der Waals surface area contributed by atoms with Crippen molar-refractivity contribution in [1.29, 1.82) is 5.26 Å². The van der Waals surface area contributed by atoms with Gasteiger partial charge in [0.05, 0.1) is 5.69 Å². The van der Waals surface area contributed by atoms with E-state index >= 15 is 0 Å². The van der Waals surface area contributed by atoms with E-state index in [4.69, 9.17) is 0 Å². The summed E-state index contributed by atoms with van der Waals surface area (Å²) in [6, 6.07) is 27.4. The zero-order valence-corrected chi connectivity index (χ0v) is 24.7. The van der Waals surface area contributed by atoms with Crippen molar-refractivity contribution in [2.45, 2.75) is 19.4 Å². The number of aromatic amines is 1. The maximum atomic E-state index is 13.8. The molecule has 1 saturated heterocycles. The van der Waals surface area contributed by atoms with Gasteiger partial charge in [-0.2, -0.15) is 14.9 Å². The lowest BCUT2D eigenvalue weighted by Crippen LogP contribution is -2.42. The highest BCUT2D eigenvalue weighted by Gasteiger charge is 2.23. The third kappa shape index (κ3) is 5.38. The molecule has 11 nitrogen and oxygen atoms in total. The minimum Gasteiger partial charge on any atom is -0.307 e. The first-order valence-corrected chi connectivity index (χ1v) is 14.9. The molecule has 4 heterocycles. The van der Waals surface area contributed by atoms with Gasteiger partial charge in [-0.25, -0.2) is 14.3 Å². The average Bonchev–Trinajstić information content (AvgIpc) is 3.74. The highest BCUT2D eigenvalue weighted by Crippen LogP contribution is 2.27. The minimum atomic E-state index is -0.984. The number of nitriles is 1. The molecule has 6 aromatic rings. The van der Waals surface area contributed by atoms with Crippen LogP contribution in [0, 0.1) is 11.3 Å². The van der Waals surface area contributed by atoms with Crippen LogP contribution in [0.2, 0.25) is 0 Å². The Morgan fingerprint density at radius 3 is 2.46 bits per heavy atom. The Bertz CT molecular complexity index is 2240. The van der Waals surface area contributed by atoms with Gasteiger partial charge < -0.3 is 10.3 Å². The number of anilines is 1. The Morgan fingerprint density at radius 2 is 1.70 bits per heavy atom. The Morgan fingerprint density at radius 1 is 0.913 bits per heavy atom. The monoisotopic (exact) mass is 608 g/mol. The van der Waals surface area contributed by atoms with Gasteiger partial charge in [-0.1, -0.05) is 54.6 Å². The number of H-pyrrole nitrogens is 1. The summed E-state index contributed by atoms with van der Waals surface area (Å²) in [5.74, 6) is 0. The average molecular weight is 609 g/mol. The largest absolute Gasteiger partial charge is 0.337 e. The maximum Gasteiger partial charge on any atom is 0.337 e. The molecule has 0 atom stereocenters. The number of nitrogens with zero attached hydrogens (tertiary/aromatic N) is 6. The lowest BCUT2D eigenvalue weighted by atomic mass is 9.99. The number of aromatic nitrogens is 5. The van der Waals surface area contributed by atoms with E-state index in [1.54, 1.807) is 42.7 Å². The van der Waals surface area contributed by atoms with Crippen LogP contribution >= 0.6 is 0 Å². The Hall–Kier alpha value is -6.12. The number of hydrogen-bond donors (Lipinski definition) is 2. The molecule has 0 aliphatic carbocycles. The number of pyridine rings is 1. The molecule has 0 saturated carbocycles. The van der Waals surface area contributed by atoms with Gasteiger partial charge in [-0.15, -0.1) is 0 Å². The van der Waals surface area contributed by atoms with Crippen molar-refractivity contribution in [3.8, 4) is 34.0 Å². The van der Waals surface area contributed by atoms with Crippen molar-refractivity contribution < 1.29 is 4.79 Å². The molecule has 1 aliphatic heterocycles. The number of fused-ring (bicyclic) bond motifs is 1. The van der Waals surface area contributed by atoms with Crippen molar-refractivity contribution in [3.05, 3.63) is 129 Å². The van der Waals surface area contributed by atoms with Crippen molar-refractivity contribution >= 4 is 22.8 Å². The molecule has 1 aliphatic rings. The quantitative estimate of drug-likeness (QED) is 0.266. The predicted molar refractivity (Wildman–Crippen MR) is 175 cm³/mol. The van der Waals surface area contributed by atoms with Gasteiger partial charge in [0, 0.05) is 30.2 Å².